The molecule has 1 fully saturated rings. The van der Waals surface area contributed by atoms with Crippen LogP contribution in [0.2, 0.25) is 5.02 Å². The number of ketones is 1. The van der Waals surface area contributed by atoms with Crippen LogP contribution >= 0.6 is 11.6 Å². The lowest BCUT2D eigenvalue weighted by atomic mass is 9.75. The minimum Gasteiger partial charge on any atom is -0.334 e. The Kier molecular flexibility index (Phi) is 4.63. The van der Waals surface area contributed by atoms with Crippen molar-refractivity contribution in [1.82, 2.24) is 4.57 Å². The highest BCUT2D eigenvalue weighted by molar-refractivity contribution is 6.30. The number of carbonyl (C=O) groups excluding carboxylic acids is 1. The Morgan fingerprint density at radius 3 is 2.35 bits per heavy atom. The van der Waals surface area contributed by atoms with Gasteiger partial charge in [0.05, 0.1) is 0 Å². The second-order valence-electron chi connectivity index (χ2n) is 6.88. The molecule has 1 aromatic carbocycles. The van der Waals surface area contributed by atoms with Crippen LogP contribution in [0.25, 0.3) is 11.3 Å². The zero-order valence-corrected chi connectivity index (χ0v) is 14.6. The predicted octanol–water partition coefficient (Wildman–Crippen LogP) is 5.69. The van der Waals surface area contributed by atoms with Gasteiger partial charge >= 0.3 is 0 Å². The van der Waals surface area contributed by atoms with E-state index >= 15 is 0 Å². The third kappa shape index (κ3) is 2.97. The Balaban J connectivity index is 2.09. The third-order valence-electron chi connectivity index (χ3n) is 5.01. The highest BCUT2D eigenvalue weighted by Crippen LogP contribution is 2.41. The first-order valence-electron chi connectivity index (χ1n) is 8.53. The Hall–Kier alpha value is -1.54. The van der Waals surface area contributed by atoms with E-state index in [4.69, 9.17) is 11.6 Å². The minimum absolute atomic E-state index is 0.0496. The lowest BCUT2D eigenvalue weighted by Gasteiger charge is -2.40. The van der Waals surface area contributed by atoms with Crippen LogP contribution in [-0.4, -0.2) is 10.4 Å². The summed E-state index contributed by atoms with van der Waals surface area (Å²) in [5, 5.41) is 0.734. The molecule has 1 aliphatic rings. The van der Waals surface area contributed by atoms with Crippen LogP contribution in [0, 0.1) is 5.92 Å². The molecule has 0 aliphatic heterocycles. The fraction of sp³-hybridized carbons (Fsp3) is 0.450. The number of Topliss-reactive ketones (excluding diaryl/α,β-unsaturated/α-hetero) is 1. The molecule has 1 saturated carbocycles. The molecule has 0 N–H and O–H groups in total. The van der Waals surface area contributed by atoms with E-state index < -0.39 is 0 Å². The molecule has 1 aliphatic carbocycles. The first-order valence-corrected chi connectivity index (χ1v) is 8.90. The molecule has 0 saturated heterocycles. The molecular formula is C20H24ClNO. The van der Waals surface area contributed by atoms with Crippen LogP contribution in [-0.2, 0) is 10.3 Å². The molecule has 0 bridgehead atoms. The van der Waals surface area contributed by atoms with Gasteiger partial charge in [-0.1, -0.05) is 56.8 Å². The molecule has 0 amide bonds. The molecule has 0 spiro atoms. The third-order valence-corrected chi connectivity index (χ3v) is 5.27. The van der Waals surface area contributed by atoms with Crippen molar-refractivity contribution in [1.29, 1.82) is 0 Å². The van der Waals surface area contributed by atoms with E-state index in [0.29, 0.717) is 5.78 Å². The monoisotopic (exact) mass is 329 g/mol. The van der Waals surface area contributed by atoms with Crippen LogP contribution in [0.4, 0.5) is 0 Å². The maximum absolute atomic E-state index is 13.1. The molecule has 0 atom stereocenters. The minimum atomic E-state index is -0.384. The first-order chi connectivity index (χ1) is 11.0. The summed E-state index contributed by atoms with van der Waals surface area (Å²) in [6.07, 6.45) is 7.44. The maximum Gasteiger partial charge on any atom is 0.161 e. The lowest BCUT2D eigenvalue weighted by molar-refractivity contribution is -0.132. The molecule has 0 radical (unpaired) electrons. The molecule has 2 nitrogen and oxygen atoms in total. The van der Waals surface area contributed by atoms with Crippen LogP contribution in [0.1, 0.15) is 46.0 Å². The molecule has 1 aromatic heterocycles. The van der Waals surface area contributed by atoms with Crippen molar-refractivity contribution in [3.05, 3.63) is 47.6 Å². The Labute approximate surface area is 143 Å². The summed E-state index contributed by atoms with van der Waals surface area (Å²) in [7, 11) is 0. The average Bonchev–Trinajstić information content (AvgIpc) is 3.05. The highest BCUT2D eigenvalue weighted by atomic mass is 35.5. The van der Waals surface area contributed by atoms with Gasteiger partial charge in [0, 0.05) is 22.8 Å². The zero-order chi connectivity index (χ0) is 16.4. The van der Waals surface area contributed by atoms with Gasteiger partial charge in [0.15, 0.2) is 5.78 Å². The molecule has 3 heteroatoms. The average molecular weight is 330 g/mol. The highest BCUT2D eigenvalue weighted by Gasteiger charge is 2.42. The normalized spacial score (nSPS) is 17.4. The number of hydrogen-bond acceptors (Lipinski definition) is 1. The van der Waals surface area contributed by atoms with E-state index in [1.807, 2.05) is 44.2 Å². The number of hydrogen-bond donors (Lipinski definition) is 0. The fourth-order valence-corrected chi connectivity index (χ4v) is 4.02. The largest absolute Gasteiger partial charge is 0.334 e. The van der Waals surface area contributed by atoms with Crippen molar-refractivity contribution in [3.8, 4) is 11.3 Å². The lowest BCUT2D eigenvalue weighted by Crippen LogP contribution is -2.45. The van der Waals surface area contributed by atoms with Gasteiger partial charge in [-0.25, -0.2) is 0 Å². The second kappa shape index (κ2) is 6.52. The maximum atomic E-state index is 13.1. The number of halogens is 1. The standard InChI is InChI=1S/C20H24ClNO/c1-15(2)19(23)20(12-4-3-5-13-20)22-14-6-7-18(22)16-8-10-17(21)11-9-16/h6-11,14-15H,3-5,12-13H2,1-2H3. The van der Waals surface area contributed by atoms with Gasteiger partial charge in [-0.3, -0.25) is 4.79 Å². The van der Waals surface area contributed by atoms with Gasteiger partial charge < -0.3 is 4.57 Å². The summed E-state index contributed by atoms with van der Waals surface area (Å²) in [5.74, 6) is 0.414. The molecular weight excluding hydrogens is 306 g/mol. The molecule has 23 heavy (non-hydrogen) atoms. The summed E-state index contributed by atoms with van der Waals surface area (Å²) >= 11 is 6.02. The Morgan fingerprint density at radius 2 is 1.74 bits per heavy atom. The summed E-state index contributed by atoms with van der Waals surface area (Å²) in [4.78, 5) is 13.1. The fourth-order valence-electron chi connectivity index (χ4n) is 3.89. The summed E-state index contributed by atoms with van der Waals surface area (Å²) in [6.45, 7) is 4.04. The van der Waals surface area contributed by atoms with Crippen molar-refractivity contribution in [2.45, 2.75) is 51.5 Å². The van der Waals surface area contributed by atoms with Gasteiger partial charge in [0.1, 0.15) is 5.54 Å². The van der Waals surface area contributed by atoms with E-state index in [9.17, 15) is 4.79 Å². The van der Waals surface area contributed by atoms with Crippen molar-refractivity contribution >= 4 is 17.4 Å². The molecule has 0 unspecified atom stereocenters. The summed E-state index contributed by atoms with van der Waals surface area (Å²) < 4.78 is 2.23. The van der Waals surface area contributed by atoms with E-state index in [1.165, 1.54) is 6.42 Å². The van der Waals surface area contributed by atoms with E-state index in [-0.39, 0.29) is 11.5 Å². The number of rotatable bonds is 4. The molecule has 1 heterocycles. The SMILES string of the molecule is CC(C)C(=O)C1(n2cccc2-c2ccc(Cl)cc2)CCCCC1. The van der Waals surface area contributed by atoms with Crippen molar-refractivity contribution in [3.63, 3.8) is 0 Å². The molecule has 2 aromatic rings. The van der Waals surface area contributed by atoms with Gasteiger partial charge in [-0.05, 0) is 42.7 Å². The van der Waals surface area contributed by atoms with Gasteiger partial charge in [-0.15, -0.1) is 0 Å². The van der Waals surface area contributed by atoms with E-state index in [1.54, 1.807) is 0 Å². The number of aromatic nitrogens is 1. The van der Waals surface area contributed by atoms with Crippen LogP contribution < -0.4 is 0 Å². The van der Waals surface area contributed by atoms with Crippen LogP contribution in [0.5, 0.6) is 0 Å². The quantitative estimate of drug-likeness (QED) is 0.706. The van der Waals surface area contributed by atoms with Gasteiger partial charge in [0.25, 0.3) is 0 Å². The van der Waals surface area contributed by atoms with E-state index in [2.05, 4.69) is 16.8 Å². The number of carbonyl (C=O) groups is 1. The topological polar surface area (TPSA) is 22.0 Å². The second-order valence-corrected chi connectivity index (χ2v) is 7.32. The van der Waals surface area contributed by atoms with Crippen LogP contribution in [0.3, 0.4) is 0 Å². The number of nitrogens with zero attached hydrogens (tertiary/aromatic N) is 1. The smallest absolute Gasteiger partial charge is 0.161 e. The van der Waals surface area contributed by atoms with Gasteiger partial charge in [0.2, 0.25) is 0 Å². The van der Waals surface area contributed by atoms with Gasteiger partial charge in [-0.2, -0.15) is 0 Å². The number of benzene rings is 1. The molecule has 3 rings (SSSR count). The Morgan fingerprint density at radius 1 is 1.09 bits per heavy atom. The summed E-state index contributed by atoms with van der Waals surface area (Å²) in [5.41, 5.74) is 1.84. The Bertz CT molecular complexity index is 678. The van der Waals surface area contributed by atoms with Crippen molar-refractivity contribution in [2.24, 2.45) is 5.92 Å². The first kappa shape index (κ1) is 16.3. The summed E-state index contributed by atoms with van der Waals surface area (Å²) in [6, 6.07) is 12.0. The zero-order valence-electron chi connectivity index (χ0n) is 13.9. The van der Waals surface area contributed by atoms with Crippen LogP contribution in [0.15, 0.2) is 42.6 Å². The van der Waals surface area contributed by atoms with Crippen molar-refractivity contribution in [2.75, 3.05) is 0 Å². The predicted molar refractivity (Wildman–Crippen MR) is 95.8 cm³/mol. The van der Waals surface area contributed by atoms with E-state index in [0.717, 1.165) is 42.0 Å². The molecule has 122 valence electrons. The van der Waals surface area contributed by atoms with Crippen molar-refractivity contribution < 1.29 is 4.79 Å².